The van der Waals surface area contributed by atoms with Gasteiger partial charge in [0.2, 0.25) is 0 Å². The van der Waals surface area contributed by atoms with Crippen LogP contribution in [0.5, 0.6) is 0 Å². The van der Waals surface area contributed by atoms with Crippen LogP contribution in [-0.4, -0.2) is 18.8 Å². The van der Waals surface area contributed by atoms with Crippen molar-refractivity contribution in [2.75, 3.05) is 6.54 Å². The van der Waals surface area contributed by atoms with Gasteiger partial charge in [0, 0.05) is 12.6 Å². The molecule has 0 aliphatic carbocycles. The fourth-order valence-corrected chi connectivity index (χ4v) is 1.08. The minimum atomic E-state index is -0.583. The Morgan fingerprint density at radius 1 is 1.75 bits per heavy atom. The predicted octanol–water partition coefficient (Wildman–Crippen LogP) is 1.10. The van der Waals surface area contributed by atoms with Crippen LogP contribution in [0.25, 0.3) is 0 Å². The zero-order valence-electron chi connectivity index (χ0n) is 5.15. The molecule has 1 aliphatic heterocycles. The van der Waals surface area contributed by atoms with Crippen molar-refractivity contribution in [2.24, 2.45) is 0 Å². The SMILES string of the molecule is CCC1CC(F)CN1. The van der Waals surface area contributed by atoms with Crippen LogP contribution in [0.3, 0.4) is 0 Å². The molecule has 0 aromatic rings. The fraction of sp³-hybridized carbons (Fsp3) is 1.00. The van der Waals surface area contributed by atoms with Crippen LogP contribution in [0.15, 0.2) is 0 Å². The van der Waals surface area contributed by atoms with E-state index < -0.39 is 6.17 Å². The molecule has 1 rings (SSSR count). The van der Waals surface area contributed by atoms with Gasteiger partial charge >= 0.3 is 0 Å². The number of halogens is 1. The maximum atomic E-state index is 12.3. The second-order valence-electron chi connectivity index (χ2n) is 2.35. The first-order valence-electron chi connectivity index (χ1n) is 3.20. The number of hydrogen-bond acceptors (Lipinski definition) is 1. The molecular formula is C6H12FN. The number of rotatable bonds is 1. The van der Waals surface area contributed by atoms with Crippen molar-refractivity contribution in [2.45, 2.75) is 32.0 Å². The minimum absolute atomic E-state index is 0.449. The van der Waals surface area contributed by atoms with Crippen LogP contribution in [0.2, 0.25) is 0 Å². The Hall–Kier alpha value is -0.110. The maximum absolute atomic E-state index is 12.3. The Kier molecular flexibility index (Phi) is 1.84. The number of nitrogens with one attached hydrogen (secondary N) is 1. The lowest BCUT2D eigenvalue weighted by Crippen LogP contribution is -2.19. The highest BCUT2D eigenvalue weighted by Crippen LogP contribution is 2.11. The molecule has 0 aromatic carbocycles. The highest BCUT2D eigenvalue weighted by Gasteiger charge is 2.20. The molecule has 0 aromatic heterocycles. The van der Waals surface area contributed by atoms with E-state index >= 15 is 0 Å². The van der Waals surface area contributed by atoms with Crippen LogP contribution >= 0.6 is 0 Å². The Labute approximate surface area is 49.3 Å². The van der Waals surface area contributed by atoms with Gasteiger partial charge < -0.3 is 5.32 Å². The molecule has 2 unspecified atom stereocenters. The van der Waals surface area contributed by atoms with Gasteiger partial charge in [-0.15, -0.1) is 0 Å². The zero-order chi connectivity index (χ0) is 5.98. The van der Waals surface area contributed by atoms with Crippen molar-refractivity contribution in [3.05, 3.63) is 0 Å². The van der Waals surface area contributed by atoms with Gasteiger partial charge in [-0.1, -0.05) is 6.92 Å². The van der Waals surface area contributed by atoms with Gasteiger partial charge in [-0.2, -0.15) is 0 Å². The largest absolute Gasteiger partial charge is 0.311 e. The van der Waals surface area contributed by atoms with Crippen LogP contribution in [0.1, 0.15) is 19.8 Å². The van der Waals surface area contributed by atoms with Crippen LogP contribution in [0.4, 0.5) is 4.39 Å². The van der Waals surface area contributed by atoms with Gasteiger partial charge in [0.15, 0.2) is 0 Å². The predicted molar refractivity (Wildman–Crippen MR) is 31.6 cm³/mol. The first-order valence-corrected chi connectivity index (χ1v) is 3.20. The van der Waals surface area contributed by atoms with Crippen LogP contribution in [0, 0.1) is 0 Å². The molecule has 2 atom stereocenters. The van der Waals surface area contributed by atoms with E-state index in [1.807, 2.05) is 0 Å². The molecule has 1 aliphatic rings. The Balaban J connectivity index is 2.22. The summed E-state index contributed by atoms with van der Waals surface area (Å²) >= 11 is 0. The second-order valence-corrected chi connectivity index (χ2v) is 2.35. The first kappa shape index (κ1) is 6.02. The summed E-state index contributed by atoms with van der Waals surface area (Å²) in [5.41, 5.74) is 0. The highest BCUT2D eigenvalue weighted by atomic mass is 19.1. The first-order chi connectivity index (χ1) is 3.83. The standard InChI is InChI=1S/C6H12FN/c1-2-6-3-5(7)4-8-6/h5-6,8H,2-4H2,1H3. The summed E-state index contributed by atoms with van der Waals surface area (Å²) in [6.07, 6.45) is 1.19. The van der Waals surface area contributed by atoms with Gasteiger partial charge in [0.1, 0.15) is 6.17 Å². The molecule has 1 N–H and O–H groups in total. The molecule has 1 fully saturated rings. The van der Waals surface area contributed by atoms with Crippen molar-refractivity contribution in [1.29, 1.82) is 0 Å². The molecule has 2 heteroatoms. The lowest BCUT2D eigenvalue weighted by molar-refractivity contribution is 0.354. The highest BCUT2D eigenvalue weighted by molar-refractivity contribution is 4.79. The van der Waals surface area contributed by atoms with E-state index in [0.717, 1.165) is 12.8 Å². The quantitative estimate of drug-likeness (QED) is 0.542. The minimum Gasteiger partial charge on any atom is -0.311 e. The molecule has 0 saturated carbocycles. The third-order valence-corrected chi connectivity index (χ3v) is 1.66. The van der Waals surface area contributed by atoms with Gasteiger partial charge in [-0.05, 0) is 12.8 Å². The molecule has 0 bridgehead atoms. The normalized spacial score (nSPS) is 38.2. The fourth-order valence-electron chi connectivity index (χ4n) is 1.08. The molecule has 1 saturated heterocycles. The summed E-state index contributed by atoms with van der Waals surface area (Å²) in [6.45, 7) is 2.65. The second kappa shape index (κ2) is 2.44. The molecule has 0 spiro atoms. The van der Waals surface area contributed by atoms with E-state index in [-0.39, 0.29) is 0 Å². The summed E-state index contributed by atoms with van der Waals surface area (Å²) < 4.78 is 12.3. The van der Waals surface area contributed by atoms with Gasteiger partial charge in [0.05, 0.1) is 0 Å². The summed E-state index contributed by atoms with van der Waals surface area (Å²) in [6, 6.07) is 0.449. The number of alkyl halides is 1. The lowest BCUT2D eigenvalue weighted by atomic mass is 10.2. The smallest absolute Gasteiger partial charge is 0.114 e. The third kappa shape index (κ3) is 1.19. The average Bonchev–Trinajstić information content (AvgIpc) is 2.14. The summed E-state index contributed by atoms with van der Waals surface area (Å²) in [5.74, 6) is 0. The van der Waals surface area contributed by atoms with Crippen molar-refractivity contribution >= 4 is 0 Å². The van der Waals surface area contributed by atoms with Crippen molar-refractivity contribution < 1.29 is 4.39 Å². The third-order valence-electron chi connectivity index (χ3n) is 1.66. The molecule has 8 heavy (non-hydrogen) atoms. The molecule has 1 heterocycles. The Morgan fingerprint density at radius 3 is 2.75 bits per heavy atom. The van der Waals surface area contributed by atoms with Gasteiger partial charge in [-0.3, -0.25) is 0 Å². The molecular weight excluding hydrogens is 105 g/mol. The average molecular weight is 117 g/mol. The molecule has 1 nitrogen and oxygen atoms in total. The van der Waals surface area contributed by atoms with E-state index in [1.165, 1.54) is 0 Å². The molecule has 48 valence electrons. The zero-order valence-corrected chi connectivity index (χ0v) is 5.15. The molecule has 0 amide bonds. The maximum Gasteiger partial charge on any atom is 0.114 e. The lowest BCUT2D eigenvalue weighted by Gasteiger charge is -2.02. The van der Waals surface area contributed by atoms with E-state index in [2.05, 4.69) is 12.2 Å². The Morgan fingerprint density at radius 2 is 2.50 bits per heavy atom. The van der Waals surface area contributed by atoms with Crippen molar-refractivity contribution in [1.82, 2.24) is 5.32 Å². The topological polar surface area (TPSA) is 12.0 Å². The summed E-state index contributed by atoms with van der Waals surface area (Å²) in [7, 11) is 0. The van der Waals surface area contributed by atoms with Crippen molar-refractivity contribution in [3.8, 4) is 0 Å². The van der Waals surface area contributed by atoms with Crippen LogP contribution < -0.4 is 5.32 Å². The van der Waals surface area contributed by atoms with Gasteiger partial charge in [-0.25, -0.2) is 4.39 Å². The van der Waals surface area contributed by atoms with Crippen molar-refractivity contribution in [3.63, 3.8) is 0 Å². The van der Waals surface area contributed by atoms with Crippen LogP contribution in [-0.2, 0) is 0 Å². The van der Waals surface area contributed by atoms with E-state index in [0.29, 0.717) is 12.6 Å². The van der Waals surface area contributed by atoms with E-state index in [4.69, 9.17) is 0 Å². The molecule has 0 radical (unpaired) electrons. The monoisotopic (exact) mass is 117 g/mol. The summed E-state index contributed by atoms with van der Waals surface area (Å²) in [4.78, 5) is 0. The Bertz CT molecular complexity index is 74.9. The van der Waals surface area contributed by atoms with E-state index in [9.17, 15) is 4.39 Å². The van der Waals surface area contributed by atoms with E-state index in [1.54, 1.807) is 0 Å². The van der Waals surface area contributed by atoms with Gasteiger partial charge in [0.25, 0.3) is 0 Å². The summed E-state index contributed by atoms with van der Waals surface area (Å²) in [5, 5.41) is 3.08. The number of hydrogen-bond donors (Lipinski definition) is 1.